The molecule has 4 nitrogen and oxygen atoms in total. The smallest absolute Gasteiger partial charge is 0.211 e. The average Bonchev–Trinajstić information content (AvgIpc) is 2.46. The minimum absolute atomic E-state index is 0.109. The van der Waals surface area contributed by atoms with Gasteiger partial charge in [-0.25, -0.2) is 13.1 Å². The van der Waals surface area contributed by atoms with Gasteiger partial charge in [0, 0.05) is 6.54 Å². The van der Waals surface area contributed by atoms with Gasteiger partial charge in [0.1, 0.15) is 6.07 Å². The number of nitrogens with one attached hydrogen (secondary N) is 1. The summed E-state index contributed by atoms with van der Waals surface area (Å²) in [6, 6.07) is 6.07. The monoisotopic (exact) mass is 312 g/mol. The minimum Gasteiger partial charge on any atom is -0.211 e. The van der Waals surface area contributed by atoms with Crippen molar-refractivity contribution in [3.8, 4) is 6.07 Å². The summed E-state index contributed by atoms with van der Waals surface area (Å²) in [4.78, 5) is 0.109. The van der Waals surface area contributed by atoms with Crippen LogP contribution in [0.4, 0.5) is 0 Å². The van der Waals surface area contributed by atoms with Crippen LogP contribution < -0.4 is 4.72 Å². The largest absolute Gasteiger partial charge is 0.240 e. The average molecular weight is 313 g/mol. The van der Waals surface area contributed by atoms with E-state index in [0.717, 1.165) is 12.8 Å². The number of halogens is 1. The molecule has 0 unspecified atom stereocenters. The lowest BCUT2D eigenvalue weighted by atomic mass is 9.90. The molecule has 1 saturated carbocycles. The van der Waals surface area contributed by atoms with Crippen LogP contribution in [0.15, 0.2) is 23.1 Å². The van der Waals surface area contributed by atoms with Gasteiger partial charge in [0.15, 0.2) is 0 Å². The maximum Gasteiger partial charge on any atom is 0.240 e. The van der Waals surface area contributed by atoms with E-state index < -0.39 is 10.0 Å². The summed E-state index contributed by atoms with van der Waals surface area (Å²) in [7, 11) is -3.55. The molecule has 1 fully saturated rings. The summed E-state index contributed by atoms with van der Waals surface area (Å²) < 4.78 is 27.0. The molecule has 0 saturated heterocycles. The highest BCUT2D eigenvalue weighted by atomic mass is 35.5. The molecule has 6 heteroatoms. The molecule has 1 aromatic rings. The molecule has 1 aliphatic carbocycles. The van der Waals surface area contributed by atoms with Gasteiger partial charge in [-0.05, 0) is 37.0 Å². The van der Waals surface area contributed by atoms with Crippen LogP contribution in [0.5, 0.6) is 0 Å². The van der Waals surface area contributed by atoms with Crippen LogP contribution in [0, 0.1) is 17.2 Å². The second-order valence-electron chi connectivity index (χ2n) is 5.11. The molecule has 1 aliphatic rings. The van der Waals surface area contributed by atoms with Crippen molar-refractivity contribution in [2.24, 2.45) is 5.92 Å². The Kier molecular flexibility index (Phi) is 5.03. The van der Waals surface area contributed by atoms with Crippen molar-refractivity contribution in [3.63, 3.8) is 0 Å². The number of rotatable bonds is 4. The van der Waals surface area contributed by atoms with E-state index in [4.69, 9.17) is 16.9 Å². The lowest BCUT2D eigenvalue weighted by Gasteiger charge is -2.21. The molecular formula is C14H17ClN2O2S. The highest BCUT2D eigenvalue weighted by Crippen LogP contribution is 2.24. The van der Waals surface area contributed by atoms with Crippen molar-refractivity contribution in [2.75, 3.05) is 6.54 Å². The zero-order chi connectivity index (χ0) is 14.6. The third-order valence-corrected chi connectivity index (χ3v) is 5.39. The van der Waals surface area contributed by atoms with Crippen LogP contribution in [0.2, 0.25) is 5.02 Å². The fourth-order valence-electron chi connectivity index (χ4n) is 2.46. The molecule has 1 N–H and O–H groups in total. The number of nitrogens with zero attached hydrogens (tertiary/aromatic N) is 1. The highest BCUT2D eigenvalue weighted by Gasteiger charge is 2.19. The molecule has 2 rings (SSSR count). The Morgan fingerprint density at radius 2 is 2.00 bits per heavy atom. The first-order chi connectivity index (χ1) is 9.53. The summed E-state index contributed by atoms with van der Waals surface area (Å²) in [5.41, 5.74) is 0.276. The fraction of sp³-hybridized carbons (Fsp3) is 0.500. The molecule has 0 amide bonds. The summed E-state index contributed by atoms with van der Waals surface area (Å²) in [5.74, 6) is 0.423. The summed E-state index contributed by atoms with van der Waals surface area (Å²) >= 11 is 5.87. The van der Waals surface area contributed by atoms with Crippen LogP contribution in [-0.2, 0) is 10.0 Å². The van der Waals surface area contributed by atoms with Gasteiger partial charge in [-0.1, -0.05) is 30.9 Å². The molecule has 0 spiro atoms. The molecule has 1 aromatic carbocycles. The molecule has 0 heterocycles. The molecule has 108 valence electrons. The van der Waals surface area contributed by atoms with Gasteiger partial charge in [-0.15, -0.1) is 0 Å². The van der Waals surface area contributed by atoms with Crippen molar-refractivity contribution in [1.82, 2.24) is 4.72 Å². The zero-order valence-corrected chi connectivity index (χ0v) is 12.7. The van der Waals surface area contributed by atoms with E-state index in [9.17, 15) is 8.42 Å². The molecule has 0 aromatic heterocycles. The summed E-state index contributed by atoms with van der Waals surface area (Å²) in [6.45, 7) is 0.472. The van der Waals surface area contributed by atoms with E-state index in [1.807, 2.05) is 6.07 Å². The van der Waals surface area contributed by atoms with Gasteiger partial charge in [0.25, 0.3) is 0 Å². The first-order valence-corrected chi connectivity index (χ1v) is 8.58. The van der Waals surface area contributed by atoms with Gasteiger partial charge < -0.3 is 0 Å². The van der Waals surface area contributed by atoms with E-state index >= 15 is 0 Å². The maximum absolute atomic E-state index is 12.2. The van der Waals surface area contributed by atoms with E-state index in [0.29, 0.717) is 12.5 Å². The van der Waals surface area contributed by atoms with Crippen LogP contribution in [0.3, 0.4) is 0 Å². The first kappa shape index (κ1) is 15.3. The number of sulfonamides is 1. The van der Waals surface area contributed by atoms with E-state index in [2.05, 4.69) is 4.72 Å². The molecule has 0 bridgehead atoms. The van der Waals surface area contributed by atoms with Crippen molar-refractivity contribution >= 4 is 21.6 Å². The van der Waals surface area contributed by atoms with Crippen molar-refractivity contribution in [3.05, 3.63) is 28.8 Å². The maximum atomic E-state index is 12.2. The standard InChI is InChI=1S/C14H17ClN2O2S/c15-14-8-13(7-6-12(14)9-16)20(18,19)17-10-11-4-2-1-3-5-11/h6-8,11,17H,1-5,10H2. The number of hydrogen-bond donors (Lipinski definition) is 1. The third-order valence-electron chi connectivity index (χ3n) is 3.66. The summed E-state index contributed by atoms with van der Waals surface area (Å²) in [5, 5.41) is 8.95. The lowest BCUT2D eigenvalue weighted by Crippen LogP contribution is -2.30. The Bertz CT molecular complexity index is 617. The van der Waals surface area contributed by atoms with Crippen LogP contribution in [0.1, 0.15) is 37.7 Å². The Morgan fingerprint density at radius 3 is 2.60 bits per heavy atom. The quantitative estimate of drug-likeness (QED) is 0.928. The Labute approximate surface area is 124 Å². The highest BCUT2D eigenvalue weighted by molar-refractivity contribution is 7.89. The predicted octanol–water partition coefficient (Wildman–Crippen LogP) is 3.07. The van der Waals surface area contributed by atoms with Gasteiger partial charge in [0.05, 0.1) is 15.5 Å². The molecular weight excluding hydrogens is 296 g/mol. The molecule has 20 heavy (non-hydrogen) atoms. The SMILES string of the molecule is N#Cc1ccc(S(=O)(=O)NCC2CCCCC2)cc1Cl. The topological polar surface area (TPSA) is 70.0 Å². The lowest BCUT2D eigenvalue weighted by molar-refractivity contribution is 0.357. The zero-order valence-electron chi connectivity index (χ0n) is 11.1. The molecule has 0 radical (unpaired) electrons. The number of nitriles is 1. The van der Waals surface area contributed by atoms with E-state index in [-0.39, 0.29) is 15.5 Å². The number of hydrogen-bond acceptors (Lipinski definition) is 3. The van der Waals surface area contributed by atoms with E-state index in [1.165, 1.54) is 37.5 Å². The number of benzene rings is 1. The second-order valence-corrected chi connectivity index (χ2v) is 7.28. The van der Waals surface area contributed by atoms with Gasteiger partial charge >= 0.3 is 0 Å². The van der Waals surface area contributed by atoms with Crippen molar-refractivity contribution < 1.29 is 8.42 Å². The molecule has 0 aliphatic heterocycles. The van der Waals surface area contributed by atoms with Crippen LogP contribution in [-0.4, -0.2) is 15.0 Å². The normalized spacial score (nSPS) is 16.8. The Hall–Kier alpha value is -1.09. The van der Waals surface area contributed by atoms with Gasteiger partial charge in [-0.2, -0.15) is 5.26 Å². The third kappa shape index (κ3) is 3.72. The Balaban J connectivity index is 2.06. The van der Waals surface area contributed by atoms with Gasteiger partial charge in [-0.3, -0.25) is 0 Å². The van der Waals surface area contributed by atoms with E-state index in [1.54, 1.807) is 0 Å². The minimum atomic E-state index is -3.55. The fourth-order valence-corrected chi connectivity index (χ4v) is 3.89. The molecule has 0 atom stereocenters. The summed E-state index contributed by atoms with van der Waals surface area (Å²) in [6.07, 6.45) is 5.76. The Morgan fingerprint density at radius 1 is 1.30 bits per heavy atom. The first-order valence-electron chi connectivity index (χ1n) is 6.72. The van der Waals surface area contributed by atoms with Crippen molar-refractivity contribution in [1.29, 1.82) is 5.26 Å². The van der Waals surface area contributed by atoms with Gasteiger partial charge in [0.2, 0.25) is 10.0 Å². The van der Waals surface area contributed by atoms with Crippen molar-refractivity contribution in [2.45, 2.75) is 37.0 Å². The second kappa shape index (κ2) is 6.57. The van der Waals surface area contributed by atoms with Crippen LogP contribution >= 0.6 is 11.6 Å². The van der Waals surface area contributed by atoms with Crippen LogP contribution in [0.25, 0.3) is 0 Å². The predicted molar refractivity (Wildman–Crippen MR) is 77.9 cm³/mol.